The summed E-state index contributed by atoms with van der Waals surface area (Å²) < 4.78 is 36.6. The SMILES string of the molecule is FC(F)Oc1ccc(CN2CC[C@@H]3OCc4cnnn4[C@@H]3C2)cc1. The number of rotatable bonds is 4. The predicted molar refractivity (Wildman–Crippen MR) is 80.6 cm³/mol. The van der Waals surface area contributed by atoms with Gasteiger partial charge in [0.15, 0.2) is 0 Å². The minimum atomic E-state index is -2.79. The summed E-state index contributed by atoms with van der Waals surface area (Å²) in [6, 6.07) is 6.97. The molecule has 1 saturated heterocycles. The van der Waals surface area contributed by atoms with E-state index < -0.39 is 6.61 Å². The second-order valence-electron chi connectivity index (χ2n) is 6.13. The molecule has 8 heteroatoms. The zero-order valence-corrected chi connectivity index (χ0v) is 13.0. The maximum atomic E-state index is 12.2. The van der Waals surface area contributed by atoms with Gasteiger partial charge in [-0.25, -0.2) is 4.68 Å². The van der Waals surface area contributed by atoms with Crippen LogP contribution in [-0.2, 0) is 17.9 Å². The molecule has 0 radical (unpaired) electrons. The summed E-state index contributed by atoms with van der Waals surface area (Å²) in [6.07, 6.45) is 2.87. The lowest BCUT2D eigenvalue weighted by Gasteiger charge is -2.41. The van der Waals surface area contributed by atoms with Crippen molar-refractivity contribution in [1.29, 1.82) is 0 Å². The number of hydrogen-bond donors (Lipinski definition) is 0. The van der Waals surface area contributed by atoms with Gasteiger partial charge in [0.2, 0.25) is 0 Å². The number of nitrogens with zero attached hydrogens (tertiary/aromatic N) is 4. The van der Waals surface area contributed by atoms with Gasteiger partial charge in [0, 0.05) is 19.6 Å². The van der Waals surface area contributed by atoms with Gasteiger partial charge in [-0.15, -0.1) is 5.10 Å². The van der Waals surface area contributed by atoms with Crippen molar-refractivity contribution in [3.8, 4) is 5.75 Å². The van der Waals surface area contributed by atoms with Crippen LogP contribution < -0.4 is 4.74 Å². The molecule has 0 saturated carbocycles. The van der Waals surface area contributed by atoms with E-state index in [1.807, 2.05) is 16.8 Å². The van der Waals surface area contributed by atoms with Crippen LogP contribution in [0.4, 0.5) is 8.78 Å². The molecule has 0 aliphatic carbocycles. The quantitative estimate of drug-likeness (QED) is 0.857. The van der Waals surface area contributed by atoms with Crippen molar-refractivity contribution in [1.82, 2.24) is 19.9 Å². The molecule has 3 heterocycles. The third-order valence-electron chi connectivity index (χ3n) is 4.57. The average molecular weight is 336 g/mol. The van der Waals surface area contributed by atoms with E-state index in [1.54, 1.807) is 18.3 Å². The highest BCUT2D eigenvalue weighted by Crippen LogP contribution is 2.30. The van der Waals surface area contributed by atoms with Crippen molar-refractivity contribution in [3.63, 3.8) is 0 Å². The minimum Gasteiger partial charge on any atom is -0.435 e. The van der Waals surface area contributed by atoms with Gasteiger partial charge in [-0.2, -0.15) is 8.78 Å². The summed E-state index contributed by atoms with van der Waals surface area (Å²) in [5.41, 5.74) is 2.07. The van der Waals surface area contributed by atoms with E-state index >= 15 is 0 Å². The summed E-state index contributed by atoms with van der Waals surface area (Å²) in [5.74, 6) is 0.181. The fourth-order valence-electron chi connectivity index (χ4n) is 3.42. The molecule has 1 aromatic carbocycles. The first kappa shape index (κ1) is 15.5. The molecule has 2 aliphatic rings. The number of halogens is 2. The third kappa shape index (κ3) is 3.11. The topological polar surface area (TPSA) is 52.4 Å². The largest absolute Gasteiger partial charge is 0.435 e. The summed E-state index contributed by atoms with van der Waals surface area (Å²) in [4.78, 5) is 2.32. The number of ether oxygens (including phenoxy) is 2. The molecular weight excluding hydrogens is 318 g/mol. The Morgan fingerprint density at radius 1 is 1.29 bits per heavy atom. The summed E-state index contributed by atoms with van der Waals surface area (Å²) >= 11 is 0. The van der Waals surface area contributed by atoms with E-state index in [-0.39, 0.29) is 17.9 Å². The van der Waals surface area contributed by atoms with Crippen LogP contribution in [-0.4, -0.2) is 45.7 Å². The van der Waals surface area contributed by atoms with Gasteiger partial charge >= 0.3 is 6.61 Å². The Morgan fingerprint density at radius 2 is 2.12 bits per heavy atom. The van der Waals surface area contributed by atoms with Gasteiger partial charge in [0.05, 0.1) is 30.6 Å². The Labute approximate surface area is 138 Å². The van der Waals surface area contributed by atoms with Crippen LogP contribution in [0.3, 0.4) is 0 Å². The van der Waals surface area contributed by atoms with Crippen LogP contribution in [0.5, 0.6) is 5.75 Å². The Balaban J connectivity index is 1.42. The van der Waals surface area contributed by atoms with Gasteiger partial charge in [0.1, 0.15) is 5.75 Å². The van der Waals surface area contributed by atoms with Crippen molar-refractivity contribution in [3.05, 3.63) is 41.7 Å². The van der Waals surface area contributed by atoms with E-state index in [4.69, 9.17) is 4.74 Å². The molecule has 4 rings (SSSR count). The normalized spacial score (nSPS) is 23.8. The van der Waals surface area contributed by atoms with Crippen LogP contribution in [0.25, 0.3) is 0 Å². The number of hydrogen-bond acceptors (Lipinski definition) is 5. The first-order chi connectivity index (χ1) is 11.7. The molecule has 2 aliphatic heterocycles. The van der Waals surface area contributed by atoms with Gasteiger partial charge in [-0.3, -0.25) is 4.90 Å². The first-order valence-electron chi connectivity index (χ1n) is 7.96. The highest BCUT2D eigenvalue weighted by molar-refractivity contribution is 5.27. The number of aromatic nitrogens is 3. The van der Waals surface area contributed by atoms with Crippen molar-refractivity contribution < 1.29 is 18.3 Å². The molecule has 0 spiro atoms. The minimum absolute atomic E-state index is 0.173. The fourth-order valence-corrected chi connectivity index (χ4v) is 3.42. The van der Waals surface area contributed by atoms with E-state index in [0.29, 0.717) is 6.61 Å². The molecule has 128 valence electrons. The first-order valence-corrected chi connectivity index (χ1v) is 7.96. The molecule has 2 aromatic rings. The van der Waals surface area contributed by atoms with Gasteiger partial charge in [0.25, 0.3) is 0 Å². The van der Waals surface area contributed by atoms with Crippen molar-refractivity contribution in [2.75, 3.05) is 13.1 Å². The molecule has 6 nitrogen and oxygen atoms in total. The Hall–Kier alpha value is -2.06. The van der Waals surface area contributed by atoms with Gasteiger partial charge in [-0.1, -0.05) is 17.3 Å². The number of fused-ring (bicyclic) bond motifs is 3. The van der Waals surface area contributed by atoms with E-state index in [1.165, 1.54) is 0 Å². The molecular formula is C16H18F2N4O2. The summed E-state index contributed by atoms with van der Waals surface area (Å²) in [5, 5.41) is 8.17. The fraction of sp³-hybridized carbons (Fsp3) is 0.500. The summed E-state index contributed by atoms with van der Waals surface area (Å²) in [6.45, 7) is 0.289. The highest BCUT2D eigenvalue weighted by atomic mass is 19.3. The average Bonchev–Trinajstić information content (AvgIpc) is 3.05. The molecule has 0 unspecified atom stereocenters. The molecule has 24 heavy (non-hydrogen) atoms. The molecule has 0 bridgehead atoms. The number of piperidine rings is 1. The van der Waals surface area contributed by atoms with Crippen LogP contribution in [0.1, 0.15) is 23.7 Å². The lowest BCUT2D eigenvalue weighted by Crippen LogP contribution is -2.47. The van der Waals surface area contributed by atoms with E-state index in [0.717, 1.165) is 37.3 Å². The lowest BCUT2D eigenvalue weighted by molar-refractivity contribution is -0.0669. The molecule has 1 fully saturated rings. The molecule has 0 amide bonds. The maximum Gasteiger partial charge on any atom is 0.387 e. The van der Waals surface area contributed by atoms with Crippen LogP contribution in [0.2, 0.25) is 0 Å². The predicted octanol–water partition coefficient (Wildman–Crippen LogP) is 2.23. The van der Waals surface area contributed by atoms with Gasteiger partial charge < -0.3 is 9.47 Å². The second-order valence-corrected chi connectivity index (χ2v) is 6.13. The standard InChI is InChI=1S/C16H18F2N4O2/c17-16(18)24-13-3-1-11(2-4-13)8-21-6-5-15-14(9-21)22-12(10-23-15)7-19-20-22/h1-4,7,14-16H,5-6,8-10H2/t14-,15+/m1/s1. The molecule has 2 atom stereocenters. The number of likely N-dealkylation sites (tertiary alicyclic amines) is 1. The Kier molecular flexibility index (Phi) is 4.15. The van der Waals surface area contributed by atoms with E-state index in [2.05, 4.69) is 19.9 Å². The summed E-state index contributed by atoms with van der Waals surface area (Å²) in [7, 11) is 0. The molecule has 0 N–H and O–H groups in total. The van der Waals surface area contributed by atoms with Crippen LogP contribution in [0.15, 0.2) is 30.5 Å². The highest BCUT2D eigenvalue weighted by Gasteiger charge is 2.36. The maximum absolute atomic E-state index is 12.2. The van der Waals surface area contributed by atoms with Crippen LogP contribution >= 0.6 is 0 Å². The van der Waals surface area contributed by atoms with Crippen molar-refractivity contribution >= 4 is 0 Å². The zero-order valence-electron chi connectivity index (χ0n) is 13.0. The third-order valence-corrected chi connectivity index (χ3v) is 4.57. The number of alkyl halides is 2. The molecule has 1 aromatic heterocycles. The van der Waals surface area contributed by atoms with E-state index in [9.17, 15) is 8.78 Å². The Morgan fingerprint density at radius 3 is 2.92 bits per heavy atom. The number of benzene rings is 1. The smallest absolute Gasteiger partial charge is 0.387 e. The van der Waals surface area contributed by atoms with Crippen LogP contribution in [0, 0.1) is 0 Å². The Bertz CT molecular complexity index is 692. The van der Waals surface area contributed by atoms with Gasteiger partial charge in [-0.05, 0) is 24.1 Å². The lowest BCUT2D eigenvalue weighted by atomic mass is 10.00. The monoisotopic (exact) mass is 336 g/mol. The van der Waals surface area contributed by atoms with Crippen molar-refractivity contribution in [2.45, 2.75) is 38.3 Å². The second kappa shape index (κ2) is 6.45. The zero-order chi connectivity index (χ0) is 16.5. The van der Waals surface area contributed by atoms with Crippen molar-refractivity contribution in [2.24, 2.45) is 0 Å².